The third-order valence-corrected chi connectivity index (χ3v) is 2.69. The zero-order valence-corrected chi connectivity index (χ0v) is 10.3. The Morgan fingerprint density at radius 1 is 1.12 bits per heavy atom. The van der Waals surface area contributed by atoms with Gasteiger partial charge < -0.3 is 0 Å². The summed E-state index contributed by atoms with van der Waals surface area (Å²) in [6.45, 7) is 3.98. The highest BCUT2D eigenvalue weighted by atomic mass is 35.5. The lowest BCUT2D eigenvalue weighted by Gasteiger charge is -2.13. The van der Waals surface area contributed by atoms with Gasteiger partial charge in [-0.1, -0.05) is 23.2 Å². The van der Waals surface area contributed by atoms with Gasteiger partial charge in [0.1, 0.15) is 0 Å². The molecule has 0 saturated carbocycles. The standard InChI is InChI=1S/C10H10Cl2N4/c1-6-3-4-7(2)16(6)15-8-5-9(11)13-14-10(8)12/h3-5H,1-2H3,(H,13,15). The van der Waals surface area contributed by atoms with Gasteiger partial charge in [-0.3, -0.25) is 10.1 Å². The van der Waals surface area contributed by atoms with Gasteiger partial charge in [0.25, 0.3) is 0 Å². The highest BCUT2D eigenvalue weighted by Gasteiger charge is 2.06. The molecule has 0 amide bonds. The number of aryl methyl sites for hydroxylation is 2. The molecule has 2 rings (SSSR count). The van der Waals surface area contributed by atoms with Crippen molar-refractivity contribution < 1.29 is 0 Å². The summed E-state index contributed by atoms with van der Waals surface area (Å²) in [5.41, 5.74) is 5.90. The van der Waals surface area contributed by atoms with Crippen LogP contribution in [0.15, 0.2) is 18.2 Å². The second kappa shape index (κ2) is 4.31. The lowest BCUT2D eigenvalue weighted by molar-refractivity contribution is 0.875. The van der Waals surface area contributed by atoms with Crippen LogP contribution in [0.1, 0.15) is 11.4 Å². The van der Waals surface area contributed by atoms with Gasteiger partial charge in [-0.05, 0) is 26.0 Å². The Bertz CT molecular complexity index is 502. The summed E-state index contributed by atoms with van der Waals surface area (Å²) in [6.07, 6.45) is 0. The van der Waals surface area contributed by atoms with Gasteiger partial charge in [-0.15, -0.1) is 10.2 Å². The van der Waals surface area contributed by atoms with Gasteiger partial charge in [-0.2, -0.15) is 0 Å². The molecule has 0 aromatic carbocycles. The van der Waals surface area contributed by atoms with Crippen molar-refractivity contribution in [2.45, 2.75) is 13.8 Å². The quantitative estimate of drug-likeness (QED) is 0.898. The molecule has 0 bridgehead atoms. The predicted molar refractivity (Wildman–Crippen MR) is 65.0 cm³/mol. The summed E-state index contributed by atoms with van der Waals surface area (Å²) in [7, 11) is 0. The Hall–Kier alpha value is -1.26. The molecule has 0 aliphatic carbocycles. The molecular formula is C10H10Cl2N4. The van der Waals surface area contributed by atoms with Gasteiger partial charge in [0.15, 0.2) is 10.3 Å². The van der Waals surface area contributed by atoms with Crippen molar-refractivity contribution in [3.63, 3.8) is 0 Å². The molecule has 0 radical (unpaired) electrons. The number of aromatic nitrogens is 3. The number of nitrogens with zero attached hydrogens (tertiary/aromatic N) is 3. The van der Waals surface area contributed by atoms with E-state index in [9.17, 15) is 0 Å². The molecule has 2 aromatic heterocycles. The summed E-state index contributed by atoms with van der Waals surface area (Å²) in [4.78, 5) is 0. The highest BCUT2D eigenvalue weighted by molar-refractivity contribution is 6.33. The van der Waals surface area contributed by atoms with Crippen LogP contribution >= 0.6 is 23.2 Å². The first kappa shape index (κ1) is 11.2. The molecular weight excluding hydrogens is 247 g/mol. The van der Waals surface area contributed by atoms with Crippen LogP contribution in [0, 0.1) is 13.8 Å². The molecule has 2 heterocycles. The average molecular weight is 257 g/mol. The lowest BCUT2D eigenvalue weighted by Crippen LogP contribution is -2.13. The Balaban J connectivity index is 2.37. The summed E-state index contributed by atoms with van der Waals surface area (Å²) in [5, 5.41) is 7.96. The van der Waals surface area contributed by atoms with Crippen LogP contribution in [-0.2, 0) is 0 Å². The normalized spacial score (nSPS) is 10.5. The number of anilines is 1. The maximum atomic E-state index is 5.91. The molecule has 0 aliphatic heterocycles. The smallest absolute Gasteiger partial charge is 0.176 e. The van der Waals surface area contributed by atoms with Crippen molar-refractivity contribution in [2.24, 2.45) is 0 Å². The van der Waals surface area contributed by atoms with E-state index in [1.54, 1.807) is 6.07 Å². The number of halogens is 2. The maximum Gasteiger partial charge on any atom is 0.176 e. The third kappa shape index (κ3) is 2.13. The fourth-order valence-corrected chi connectivity index (χ4v) is 1.68. The van der Waals surface area contributed by atoms with Gasteiger partial charge in [0.05, 0.1) is 5.69 Å². The summed E-state index contributed by atoms with van der Waals surface area (Å²) in [5.74, 6) is 0. The van der Waals surface area contributed by atoms with Crippen molar-refractivity contribution in [3.05, 3.63) is 39.9 Å². The fraction of sp³-hybridized carbons (Fsp3) is 0.200. The van der Waals surface area contributed by atoms with Crippen LogP contribution < -0.4 is 5.43 Å². The SMILES string of the molecule is Cc1ccc(C)n1Nc1cc(Cl)nnc1Cl. The van der Waals surface area contributed by atoms with Gasteiger partial charge in [0, 0.05) is 17.5 Å². The minimum absolute atomic E-state index is 0.289. The monoisotopic (exact) mass is 256 g/mol. The molecule has 1 N–H and O–H groups in total. The van der Waals surface area contributed by atoms with Crippen molar-refractivity contribution in [1.82, 2.24) is 14.9 Å². The molecule has 0 saturated heterocycles. The van der Waals surface area contributed by atoms with Crippen LogP contribution in [0.4, 0.5) is 5.69 Å². The molecule has 0 aliphatic rings. The van der Waals surface area contributed by atoms with Crippen molar-refractivity contribution in [1.29, 1.82) is 0 Å². The molecule has 0 fully saturated rings. The number of rotatable bonds is 2. The minimum Gasteiger partial charge on any atom is -0.291 e. The number of nitrogens with one attached hydrogen (secondary N) is 1. The van der Waals surface area contributed by atoms with Crippen molar-refractivity contribution in [3.8, 4) is 0 Å². The zero-order valence-electron chi connectivity index (χ0n) is 8.83. The van der Waals surface area contributed by atoms with E-state index in [-0.39, 0.29) is 5.15 Å². The largest absolute Gasteiger partial charge is 0.291 e. The van der Waals surface area contributed by atoms with E-state index < -0.39 is 0 Å². The first-order chi connectivity index (χ1) is 7.58. The Morgan fingerprint density at radius 3 is 2.38 bits per heavy atom. The van der Waals surface area contributed by atoms with E-state index in [0.29, 0.717) is 10.8 Å². The Labute approximate surface area is 103 Å². The zero-order chi connectivity index (χ0) is 11.7. The van der Waals surface area contributed by atoms with Crippen LogP contribution in [0.2, 0.25) is 10.3 Å². The van der Waals surface area contributed by atoms with Crippen LogP contribution in [0.5, 0.6) is 0 Å². The number of hydrogen-bond donors (Lipinski definition) is 1. The fourth-order valence-electron chi connectivity index (χ4n) is 1.40. The van der Waals surface area contributed by atoms with E-state index in [2.05, 4.69) is 15.6 Å². The van der Waals surface area contributed by atoms with Crippen LogP contribution in [-0.4, -0.2) is 14.9 Å². The maximum absolute atomic E-state index is 5.91. The molecule has 4 nitrogen and oxygen atoms in total. The molecule has 16 heavy (non-hydrogen) atoms. The van der Waals surface area contributed by atoms with Gasteiger partial charge in [-0.25, -0.2) is 0 Å². The van der Waals surface area contributed by atoms with Gasteiger partial charge >= 0.3 is 0 Å². The second-order valence-corrected chi connectivity index (χ2v) is 4.18. The van der Waals surface area contributed by atoms with E-state index in [1.165, 1.54) is 0 Å². The highest BCUT2D eigenvalue weighted by Crippen LogP contribution is 2.22. The topological polar surface area (TPSA) is 42.7 Å². The molecule has 0 atom stereocenters. The van der Waals surface area contributed by atoms with E-state index in [4.69, 9.17) is 23.2 Å². The molecule has 84 valence electrons. The first-order valence-electron chi connectivity index (χ1n) is 4.68. The minimum atomic E-state index is 0.289. The lowest BCUT2D eigenvalue weighted by atomic mass is 10.5. The summed E-state index contributed by atoms with van der Waals surface area (Å²) >= 11 is 11.7. The van der Waals surface area contributed by atoms with Crippen molar-refractivity contribution in [2.75, 3.05) is 5.43 Å². The summed E-state index contributed by atoms with van der Waals surface area (Å²) in [6, 6.07) is 5.65. The number of hydrogen-bond acceptors (Lipinski definition) is 3. The van der Waals surface area contributed by atoms with E-state index in [0.717, 1.165) is 11.4 Å². The molecule has 2 aromatic rings. The third-order valence-electron chi connectivity index (χ3n) is 2.22. The molecule has 6 heteroatoms. The van der Waals surface area contributed by atoms with E-state index >= 15 is 0 Å². The Morgan fingerprint density at radius 2 is 1.75 bits per heavy atom. The molecule has 0 spiro atoms. The summed E-state index contributed by atoms with van der Waals surface area (Å²) < 4.78 is 1.90. The second-order valence-electron chi connectivity index (χ2n) is 3.43. The first-order valence-corrected chi connectivity index (χ1v) is 5.44. The van der Waals surface area contributed by atoms with E-state index in [1.807, 2.05) is 30.7 Å². The van der Waals surface area contributed by atoms with Gasteiger partial charge in [0.2, 0.25) is 0 Å². The average Bonchev–Trinajstić information content (AvgIpc) is 2.55. The van der Waals surface area contributed by atoms with Crippen LogP contribution in [0.25, 0.3) is 0 Å². The van der Waals surface area contributed by atoms with Crippen molar-refractivity contribution >= 4 is 28.9 Å². The Kier molecular flexibility index (Phi) is 3.03. The molecule has 0 unspecified atom stereocenters. The van der Waals surface area contributed by atoms with Crippen LogP contribution in [0.3, 0.4) is 0 Å². The predicted octanol–water partition coefficient (Wildman–Crippen LogP) is 3.08.